The van der Waals surface area contributed by atoms with E-state index in [0.717, 1.165) is 54.8 Å². The van der Waals surface area contributed by atoms with E-state index >= 15 is 0 Å². The van der Waals surface area contributed by atoms with Crippen molar-refractivity contribution in [1.82, 2.24) is 10.1 Å². The van der Waals surface area contributed by atoms with E-state index in [4.69, 9.17) is 9.63 Å². The molecule has 0 unspecified atom stereocenters. The molecule has 1 saturated heterocycles. The highest BCUT2D eigenvalue weighted by atomic mass is 19.1. The Morgan fingerprint density at radius 1 is 1.13 bits per heavy atom. The van der Waals surface area contributed by atoms with E-state index < -0.39 is 5.97 Å². The van der Waals surface area contributed by atoms with Gasteiger partial charge in [0.2, 0.25) is 0 Å². The van der Waals surface area contributed by atoms with Crippen LogP contribution in [-0.4, -0.2) is 34.2 Å². The molecule has 5 rings (SSSR count). The first-order chi connectivity index (χ1) is 18.4. The molecule has 0 bridgehead atoms. The largest absolute Gasteiger partial charge is 0.481 e. The summed E-state index contributed by atoms with van der Waals surface area (Å²) >= 11 is 0. The Balaban J connectivity index is 1.26. The first kappa shape index (κ1) is 26.6. The number of aromatic nitrogens is 1. The van der Waals surface area contributed by atoms with E-state index in [1.54, 1.807) is 12.1 Å². The van der Waals surface area contributed by atoms with E-state index in [1.807, 2.05) is 12.1 Å². The van der Waals surface area contributed by atoms with Crippen LogP contribution in [0.4, 0.5) is 4.39 Å². The number of carboxylic acid groups (broad SMARTS) is 1. The first-order valence-corrected chi connectivity index (χ1v) is 14.2. The number of benzene rings is 2. The van der Waals surface area contributed by atoms with Gasteiger partial charge in [-0.25, -0.2) is 4.39 Å². The second kappa shape index (κ2) is 11.4. The number of hydrogen-bond acceptors (Lipinski definition) is 4. The van der Waals surface area contributed by atoms with Crippen molar-refractivity contribution >= 4 is 5.97 Å². The molecule has 38 heavy (non-hydrogen) atoms. The summed E-state index contributed by atoms with van der Waals surface area (Å²) < 4.78 is 19.5. The Labute approximate surface area is 225 Å². The maximum atomic E-state index is 13.6. The average molecular weight is 519 g/mol. The van der Waals surface area contributed by atoms with E-state index in [1.165, 1.54) is 48.8 Å². The number of likely N-dealkylation sites (tertiary alicyclic amines) is 1. The molecule has 2 fully saturated rings. The minimum absolute atomic E-state index is 0.133. The number of hydrogen-bond donors (Lipinski definition) is 1. The molecule has 6 heteroatoms. The average Bonchev–Trinajstić information content (AvgIpc) is 3.29. The SMILES string of the molecule is CCc1c(-c2ccc(CN3CC(C(=O)O)C3)cc2C)noc1CCCC1(c2ccc(F)cc2)CCCCC1. The highest BCUT2D eigenvalue weighted by molar-refractivity contribution is 5.71. The monoisotopic (exact) mass is 518 g/mol. The maximum Gasteiger partial charge on any atom is 0.309 e. The number of nitrogens with zero attached hydrogens (tertiary/aromatic N) is 2. The Bertz CT molecular complexity index is 1250. The summed E-state index contributed by atoms with van der Waals surface area (Å²) in [7, 11) is 0. The van der Waals surface area contributed by atoms with Crippen LogP contribution in [0.3, 0.4) is 0 Å². The zero-order chi connectivity index (χ0) is 26.7. The molecule has 3 aromatic rings. The third kappa shape index (κ3) is 5.56. The smallest absolute Gasteiger partial charge is 0.309 e. The number of aliphatic carboxylic acids is 1. The zero-order valence-corrected chi connectivity index (χ0v) is 22.6. The second-order valence-corrected chi connectivity index (χ2v) is 11.4. The van der Waals surface area contributed by atoms with Crippen molar-refractivity contribution < 1.29 is 18.8 Å². The molecule has 5 nitrogen and oxygen atoms in total. The topological polar surface area (TPSA) is 66.6 Å². The molecule has 1 aliphatic carbocycles. The molecule has 2 aliphatic rings. The summed E-state index contributed by atoms with van der Waals surface area (Å²) in [4.78, 5) is 13.3. The number of halogens is 1. The standard InChI is InChI=1S/C32H39FN2O3/c1-3-27-29(8-7-17-32(15-5-4-6-16-32)25-10-12-26(33)13-11-25)38-34-30(27)28-14-9-23(18-22(28)2)19-35-20-24(21-35)31(36)37/h9-14,18,24H,3-8,15-17,19-21H2,1-2H3,(H,36,37). The highest BCUT2D eigenvalue weighted by Gasteiger charge is 2.34. The van der Waals surface area contributed by atoms with Crippen LogP contribution in [0, 0.1) is 18.7 Å². The van der Waals surface area contributed by atoms with Crippen molar-refractivity contribution in [2.75, 3.05) is 13.1 Å². The molecule has 1 saturated carbocycles. The second-order valence-electron chi connectivity index (χ2n) is 11.4. The molecule has 202 valence electrons. The minimum Gasteiger partial charge on any atom is -0.481 e. The lowest BCUT2D eigenvalue weighted by atomic mass is 9.66. The predicted molar refractivity (Wildman–Crippen MR) is 147 cm³/mol. The summed E-state index contributed by atoms with van der Waals surface area (Å²) in [6.45, 7) is 6.27. The number of carboxylic acids is 1. The van der Waals surface area contributed by atoms with Gasteiger partial charge in [-0.3, -0.25) is 9.69 Å². The van der Waals surface area contributed by atoms with Gasteiger partial charge in [0, 0.05) is 37.2 Å². The van der Waals surface area contributed by atoms with Gasteiger partial charge in [0.15, 0.2) is 0 Å². The van der Waals surface area contributed by atoms with Crippen molar-refractivity contribution in [1.29, 1.82) is 0 Å². The van der Waals surface area contributed by atoms with Crippen molar-refractivity contribution in [3.05, 3.63) is 76.3 Å². The minimum atomic E-state index is -0.703. The van der Waals surface area contributed by atoms with Crippen molar-refractivity contribution in [2.45, 2.75) is 83.6 Å². The summed E-state index contributed by atoms with van der Waals surface area (Å²) in [5, 5.41) is 13.6. The van der Waals surface area contributed by atoms with Gasteiger partial charge in [-0.05, 0) is 73.3 Å². The molecule has 2 aromatic carbocycles. The molecule has 0 atom stereocenters. The Morgan fingerprint density at radius 3 is 2.53 bits per heavy atom. The van der Waals surface area contributed by atoms with Crippen LogP contribution in [0.15, 0.2) is 47.0 Å². The Hall–Kier alpha value is -2.99. The van der Waals surface area contributed by atoms with Gasteiger partial charge in [-0.1, -0.05) is 61.7 Å². The van der Waals surface area contributed by atoms with Crippen LogP contribution >= 0.6 is 0 Å². The number of aryl methyl sites for hydroxylation is 2. The predicted octanol–water partition coefficient (Wildman–Crippen LogP) is 7.09. The summed E-state index contributed by atoms with van der Waals surface area (Å²) in [5.74, 6) is -0.126. The van der Waals surface area contributed by atoms with Crippen molar-refractivity contribution in [3.63, 3.8) is 0 Å². The molecule has 1 aromatic heterocycles. The molecular formula is C32H39FN2O3. The lowest BCUT2D eigenvalue weighted by molar-refractivity contribution is -0.147. The summed E-state index contributed by atoms with van der Waals surface area (Å²) in [5.41, 5.74) is 6.98. The molecule has 0 radical (unpaired) electrons. The molecule has 2 heterocycles. The third-order valence-corrected chi connectivity index (χ3v) is 8.81. The van der Waals surface area contributed by atoms with Crippen molar-refractivity contribution in [3.8, 4) is 11.3 Å². The van der Waals surface area contributed by atoms with Crippen molar-refractivity contribution in [2.24, 2.45) is 5.92 Å². The van der Waals surface area contributed by atoms with Crippen LogP contribution < -0.4 is 0 Å². The van der Waals surface area contributed by atoms with Gasteiger partial charge in [0.1, 0.15) is 17.3 Å². The fourth-order valence-corrected chi connectivity index (χ4v) is 6.62. The van der Waals surface area contributed by atoms with E-state index in [0.29, 0.717) is 13.1 Å². The van der Waals surface area contributed by atoms with Crippen LogP contribution in [-0.2, 0) is 29.6 Å². The molecular weight excluding hydrogens is 479 g/mol. The molecule has 0 spiro atoms. The molecule has 0 amide bonds. The Kier molecular flexibility index (Phi) is 7.98. The zero-order valence-electron chi connectivity index (χ0n) is 22.6. The van der Waals surface area contributed by atoms with Gasteiger partial charge < -0.3 is 9.63 Å². The van der Waals surface area contributed by atoms with Gasteiger partial charge >= 0.3 is 5.97 Å². The van der Waals surface area contributed by atoms with Gasteiger partial charge in [0.25, 0.3) is 0 Å². The van der Waals surface area contributed by atoms with Crippen LogP contribution in [0.2, 0.25) is 0 Å². The quantitative estimate of drug-likeness (QED) is 0.310. The van der Waals surface area contributed by atoms with Gasteiger partial charge in [0.05, 0.1) is 5.92 Å². The van der Waals surface area contributed by atoms with E-state index in [2.05, 4.69) is 42.1 Å². The highest BCUT2D eigenvalue weighted by Crippen LogP contribution is 2.43. The van der Waals surface area contributed by atoms with Gasteiger partial charge in [-0.2, -0.15) is 0 Å². The lowest BCUT2D eigenvalue weighted by Crippen LogP contribution is -2.49. The number of rotatable bonds is 10. The lowest BCUT2D eigenvalue weighted by Gasteiger charge is -2.38. The molecule has 1 N–H and O–H groups in total. The summed E-state index contributed by atoms with van der Waals surface area (Å²) in [6, 6.07) is 13.6. The fourth-order valence-electron chi connectivity index (χ4n) is 6.62. The normalized spacial score (nSPS) is 17.9. The van der Waals surface area contributed by atoms with Gasteiger partial charge in [-0.15, -0.1) is 0 Å². The fraction of sp³-hybridized carbons (Fsp3) is 0.500. The summed E-state index contributed by atoms with van der Waals surface area (Å²) in [6.07, 6.45) is 9.90. The molecule has 1 aliphatic heterocycles. The number of carbonyl (C=O) groups is 1. The first-order valence-electron chi connectivity index (χ1n) is 14.2. The Morgan fingerprint density at radius 2 is 1.87 bits per heavy atom. The van der Waals surface area contributed by atoms with Crippen LogP contribution in [0.25, 0.3) is 11.3 Å². The maximum absolute atomic E-state index is 13.6. The van der Waals surface area contributed by atoms with Crippen LogP contribution in [0.5, 0.6) is 0 Å². The van der Waals surface area contributed by atoms with E-state index in [-0.39, 0.29) is 17.2 Å². The third-order valence-electron chi connectivity index (χ3n) is 8.81. The van der Waals surface area contributed by atoms with E-state index in [9.17, 15) is 9.18 Å². The van der Waals surface area contributed by atoms with Crippen LogP contribution in [0.1, 0.15) is 79.9 Å².